The predicted octanol–water partition coefficient (Wildman–Crippen LogP) is 2.58. The average molecular weight is 236 g/mol. The van der Waals surface area contributed by atoms with Gasteiger partial charge in [-0.3, -0.25) is 0 Å². The molecule has 0 saturated carbocycles. The van der Waals surface area contributed by atoms with Crippen LogP contribution in [0.4, 0.5) is 0 Å². The fraction of sp³-hybridized carbons (Fsp3) is 0.429. The van der Waals surface area contributed by atoms with Crippen molar-refractivity contribution in [2.24, 2.45) is 0 Å². The summed E-state index contributed by atoms with van der Waals surface area (Å²) in [5, 5.41) is 8.60. The highest BCUT2D eigenvalue weighted by molar-refractivity contribution is 5.38. The normalized spacial score (nSPS) is 10.8. The molecule has 0 aliphatic heterocycles. The Kier molecular flexibility index (Phi) is 6.18. The van der Waals surface area contributed by atoms with Crippen molar-refractivity contribution >= 4 is 0 Å². The second kappa shape index (κ2) is 7.74. The Balaban J connectivity index is 2.54. The van der Waals surface area contributed by atoms with Gasteiger partial charge in [-0.05, 0) is 37.0 Å². The van der Waals surface area contributed by atoms with E-state index in [9.17, 15) is 0 Å². The van der Waals surface area contributed by atoms with E-state index in [2.05, 4.69) is 0 Å². The predicted molar refractivity (Wildman–Crippen MR) is 68.7 cm³/mol. The highest BCUT2D eigenvalue weighted by atomic mass is 16.5. The number of hydrogen-bond acceptors (Lipinski definition) is 3. The third kappa shape index (κ3) is 4.91. The molecule has 0 aliphatic carbocycles. The smallest absolute Gasteiger partial charge is 0.122 e. The first-order valence-corrected chi connectivity index (χ1v) is 5.78. The minimum atomic E-state index is 0.118. The van der Waals surface area contributed by atoms with Crippen LogP contribution in [-0.2, 0) is 6.42 Å². The zero-order valence-corrected chi connectivity index (χ0v) is 10.5. The van der Waals surface area contributed by atoms with Crippen LogP contribution >= 0.6 is 0 Å². The molecule has 0 aromatic heterocycles. The summed E-state index contributed by atoms with van der Waals surface area (Å²) in [4.78, 5) is 0. The zero-order chi connectivity index (χ0) is 12.5. The van der Waals surface area contributed by atoms with Crippen molar-refractivity contribution in [2.45, 2.75) is 19.3 Å². The Hall–Kier alpha value is -1.48. The van der Waals surface area contributed by atoms with Crippen LogP contribution in [0.3, 0.4) is 0 Å². The van der Waals surface area contributed by atoms with Crippen LogP contribution in [0, 0.1) is 0 Å². The van der Waals surface area contributed by atoms with E-state index in [-0.39, 0.29) is 6.61 Å². The molecule has 0 bridgehead atoms. The molecule has 1 aromatic rings. The molecule has 0 heterocycles. The van der Waals surface area contributed by atoms with Gasteiger partial charge in [-0.15, -0.1) is 0 Å². The van der Waals surface area contributed by atoms with Crippen molar-refractivity contribution in [2.75, 3.05) is 20.8 Å². The highest BCUT2D eigenvalue weighted by Crippen LogP contribution is 2.23. The summed E-state index contributed by atoms with van der Waals surface area (Å²) in [7, 11) is 3.31. The summed E-state index contributed by atoms with van der Waals surface area (Å²) in [6.45, 7) is 0.118. The number of aliphatic hydroxyl groups is 1. The molecule has 0 unspecified atom stereocenters. The van der Waals surface area contributed by atoms with E-state index in [1.807, 2.05) is 24.3 Å². The van der Waals surface area contributed by atoms with Crippen LogP contribution in [0.2, 0.25) is 0 Å². The van der Waals surface area contributed by atoms with Crippen LogP contribution in [0.1, 0.15) is 18.4 Å². The maximum absolute atomic E-state index is 8.60. The number of aryl methyl sites for hydroxylation is 1. The second-order valence-corrected chi connectivity index (χ2v) is 3.77. The van der Waals surface area contributed by atoms with Crippen LogP contribution < -0.4 is 9.47 Å². The number of aliphatic hydroxyl groups excluding tert-OH is 1. The van der Waals surface area contributed by atoms with E-state index in [0.29, 0.717) is 0 Å². The van der Waals surface area contributed by atoms with E-state index >= 15 is 0 Å². The number of ether oxygens (including phenoxy) is 2. The topological polar surface area (TPSA) is 38.7 Å². The fourth-order valence-corrected chi connectivity index (χ4v) is 1.63. The summed E-state index contributed by atoms with van der Waals surface area (Å²) < 4.78 is 10.4. The van der Waals surface area contributed by atoms with Gasteiger partial charge in [0.05, 0.1) is 20.8 Å². The Bertz CT molecular complexity index is 336. The van der Waals surface area contributed by atoms with Crippen LogP contribution in [0.25, 0.3) is 0 Å². The van der Waals surface area contributed by atoms with Crippen molar-refractivity contribution in [3.63, 3.8) is 0 Å². The van der Waals surface area contributed by atoms with Gasteiger partial charge < -0.3 is 14.6 Å². The average Bonchev–Trinajstić information content (AvgIpc) is 2.38. The monoisotopic (exact) mass is 236 g/mol. The molecular weight excluding hydrogens is 216 g/mol. The number of unbranched alkanes of at least 4 members (excludes halogenated alkanes) is 1. The molecule has 94 valence electrons. The molecule has 0 spiro atoms. The molecule has 3 nitrogen and oxygen atoms in total. The van der Waals surface area contributed by atoms with Gasteiger partial charge in [0.15, 0.2) is 0 Å². The maximum Gasteiger partial charge on any atom is 0.122 e. The maximum atomic E-state index is 8.60. The second-order valence-electron chi connectivity index (χ2n) is 3.77. The lowest BCUT2D eigenvalue weighted by atomic mass is 10.1. The summed E-state index contributed by atoms with van der Waals surface area (Å²) in [5.41, 5.74) is 1.21. The van der Waals surface area contributed by atoms with Crippen molar-refractivity contribution in [3.05, 3.63) is 35.9 Å². The molecule has 0 radical (unpaired) electrons. The minimum Gasteiger partial charge on any atom is -0.497 e. The summed E-state index contributed by atoms with van der Waals surface area (Å²) in [6, 6.07) is 5.92. The fourth-order valence-electron chi connectivity index (χ4n) is 1.63. The molecular formula is C14H20O3. The van der Waals surface area contributed by atoms with E-state index in [1.165, 1.54) is 5.56 Å². The van der Waals surface area contributed by atoms with E-state index in [0.717, 1.165) is 30.8 Å². The molecule has 0 amide bonds. The third-order valence-electron chi connectivity index (χ3n) is 2.52. The van der Waals surface area contributed by atoms with Gasteiger partial charge in [-0.2, -0.15) is 0 Å². The van der Waals surface area contributed by atoms with Gasteiger partial charge in [0, 0.05) is 6.07 Å². The van der Waals surface area contributed by atoms with Crippen LogP contribution in [0.5, 0.6) is 11.5 Å². The molecule has 17 heavy (non-hydrogen) atoms. The highest BCUT2D eigenvalue weighted by Gasteiger charge is 2.01. The summed E-state index contributed by atoms with van der Waals surface area (Å²) in [6.07, 6.45) is 6.76. The molecule has 1 N–H and O–H groups in total. The number of hydrogen-bond donors (Lipinski definition) is 1. The number of methoxy groups -OCH3 is 2. The number of benzene rings is 1. The number of rotatable bonds is 7. The molecule has 1 rings (SSSR count). The van der Waals surface area contributed by atoms with E-state index in [1.54, 1.807) is 20.3 Å². The van der Waals surface area contributed by atoms with Crippen LogP contribution in [0.15, 0.2) is 30.4 Å². The lowest BCUT2D eigenvalue weighted by molar-refractivity contribution is 0.342. The summed E-state index contributed by atoms with van der Waals surface area (Å²) >= 11 is 0. The third-order valence-corrected chi connectivity index (χ3v) is 2.52. The Morgan fingerprint density at radius 3 is 2.24 bits per heavy atom. The summed E-state index contributed by atoms with van der Waals surface area (Å²) in [5.74, 6) is 1.65. The standard InChI is InChI=1S/C14H20O3/c1-16-13-9-12(10-14(11-13)17-2)7-5-3-4-6-8-15/h4,6,9-11,15H,3,5,7-8H2,1-2H3/b6-4-. The van der Waals surface area contributed by atoms with Crippen molar-refractivity contribution < 1.29 is 14.6 Å². The SMILES string of the molecule is COc1cc(CCC/C=C\CO)cc(OC)c1. The molecule has 0 fully saturated rings. The van der Waals surface area contributed by atoms with Gasteiger partial charge in [-0.25, -0.2) is 0 Å². The first-order valence-electron chi connectivity index (χ1n) is 5.78. The Labute approximate surface area is 103 Å². The largest absolute Gasteiger partial charge is 0.497 e. The molecule has 0 saturated heterocycles. The first kappa shape index (κ1) is 13.6. The van der Waals surface area contributed by atoms with Gasteiger partial charge >= 0.3 is 0 Å². The van der Waals surface area contributed by atoms with Crippen LogP contribution in [-0.4, -0.2) is 25.9 Å². The van der Waals surface area contributed by atoms with Crippen molar-refractivity contribution in [1.82, 2.24) is 0 Å². The molecule has 0 aliphatic rings. The van der Waals surface area contributed by atoms with Crippen molar-refractivity contribution in [1.29, 1.82) is 0 Å². The van der Waals surface area contributed by atoms with Crippen molar-refractivity contribution in [3.8, 4) is 11.5 Å². The molecule has 1 aromatic carbocycles. The van der Waals surface area contributed by atoms with Gasteiger partial charge in [-0.1, -0.05) is 12.2 Å². The molecule has 3 heteroatoms. The molecule has 0 atom stereocenters. The lowest BCUT2D eigenvalue weighted by Gasteiger charge is -2.07. The first-order chi connectivity index (χ1) is 8.30. The van der Waals surface area contributed by atoms with Gasteiger partial charge in [0.2, 0.25) is 0 Å². The Morgan fingerprint density at radius 2 is 1.71 bits per heavy atom. The van der Waals surface area contributed by atoms with Gasteiger partial charge in [0.25, 0.3) is 0 Å². The lowest BCUT2D eigenvalue weighted by Crippen LogP contribution is -1.91. The van der Waals surface area contributed by atoms with Gasteiger partial charge in [0.1, 0.15) is 11.5 Å². The quantitative estimate of drug-likeness (QED) is 0.584. The van der Waals surface area contributed by atoms with E-state index < -0.39 is 0 Å². The number of allylic oxidation sites excluding steroid dienone is 1. The minimum absolute atomic E-state index is 0.118. The Morgan fingerprint density at radius 1 is 1.06 bits per heavy atom. The van der Waals surface area contributed by atoms with E-state index in [4.69, 9.17) is 14.6 Å². The zero-order valence-electron chi connectivity index (χ0n) is 10.5.